The highest BCUT2D eigenvalue weighted by molar-refractivity contribution is 6.66. The number of carbonyl (C=O) groups excluding carboxylic acids is 2. The number of benzene rings is 1. The molecular formula is C22H32B2O8. The summed E-state index contributed by atoms with van der Waals surface area (Å²) in [6.45, 7) is 15.3. The van der Waals surface area contributed by atoms with Crippen LogP contribution in [0.4, 0.5) is 0 Å². The minimum Gasteiger partial charge on any atom is -0.465 e. The van der Waals surface area contributed by atoms with E-state index >= 15 is 0 Å². The first-order chi connectivity index (χ1) is 14.6. The molecule has 0 amide bonds. The molecule has 1 aromatic carbocycles. The number of carbonyl (C=O) groups is 2. The Hall–Kier alpha value is -1.87. The van der Waals surface area contributed by atoms with Gasteiger partial charge in [-0.25, -0.2) is 9.59 Å². The van der Waals surface area contributed by atoms with Gasteiger partial charge < -0.3 is 28.1 Å². The van der Waals surface area contributed by atoms with Gasteiger partial charge in [0.05, 0.1) is 47.8 Å². The summed E-state index contributed by atoms with van der Waals surface area (Å²) in [5, 5.41) is 0. The first-order valence-electron chi connectivity index (χ1n) is 10.6. The maximum Gasteiger partial charge on any atom is 0.495 e. The Labute approximate surface area is 190 Å². The normalized spacial score (nSPS) is 22.7. The molecule has 8 nitrogen and oxygen atoms in total. The van der Waals surface area contributed by atoms with Crippen LogP contribution in [0.3, 0.4) is 0 Å². The van der Waals surface area contributed by atoms with Gasteiger partial charge in [-0.05, 0) is 78.4 Å². The van der Waals surface area contributed by atoms with Crippen molar-refractivity contribution in [3.05, 3.63) is 23.3 Å². The molecule has 2 fully saturated rings. The van der Waals surface area contributed by atoms with Gasteiger partial charge in [-0.3, -0.25) is 0 Å². The molecule has 2 aliphatic rings. The number of methoxy groups -OCH3 is 2. The Balaban J connectivity index is 2.18. The molecular weight excluding hydrogens is 414 g/mol. The lowest BCUT2D eigenvalue weighted by atomic mass is 9.68. The Kier molecular flexibility index (Phi) is 6.09. The highest BCUT2D eigenvalue weighted by atomic mass is 16.7. The van der Waals surface area contributed by atoms with E-state index in [1.54, 1.807) is 12.1 Å². The first kappa shape index (κ1) is 24.8. The molecule has 0 atom stereocenters. The van der Waals surface area contributed by atoms with Gasteiger partial charge in [0.25, 0.3) is 0 Å². The highest BCUT2D eigenvalue weighted by Gasteiger charge is 2.55. The second kappa shape index (κ2) is 7.87. The maximum absolute atomic E-state index is 12.8. The zero-order valence-corrected chi connectivity index (χ0v) is 20.6. The molecule has 2 aliphatic heterocycles. The molecule has 10 heteroatoms. The van der Waals surface area contributed by atoms with E-state index in [1.165, 1.54) is 14.2 Å². The van der Waals surface area contributed by atoms with Crippen molar-refractivity contribution in [1.29, 1.82) is 0 Å². The molecule has 0 bridgehead atoms. The molecule has 0 unspecified atom stereocenters. The predicted octanol–water partition coefficient (Wildman–Crippen LogP) is 1.86. The van der Waals surface area contributed by atoms with Gasteiger partial charge >= 0.3 is 26.2 Å². The summed E-state index contributed by atoms with van der Waals surface area (Å²) in [5.74, 6) is -1.19. The maximum atomic E-state index is 12.8. The Morgan fingerprint density at radius 3 is 1.09 bits per heavy atom. The fraction of sp³-hybridized carbons (Fsp3) is 0.636. The van der Waals surface area contributed by atoms with Crippen molar-refractivity contribution in [2.45, 2.75) is 77.8 Å². The van der Waals surface area contributed by atoms with Crippen LogP contribution in [0.2, 0.25) is 0 Å². The minimum atomic E-state index is -0.884. The topological polar surface area (TPSA) is 89.5 Å². The number of hydrogen-bond acceptors (Lipinski definition) is 8. The van der Waals surface area contributed by atoms with Crippen LogP contribution in [-0.2, 0) is 28.1 Å². The number of ether oxygens (including phenoxy) is 2. The second-order valence-electron chi connectivity index (χ2n) is 10.2. The molecule has 174 valence electrons. The number of esters is 2. The average Bonchev–Trinajstić information content (AvgIpc) is 3.05. The van der Waals surface area contributed by atoms with Crippen LogP contribution in [0.1, 0.15) is 76.1 Å². The fourth-order valence-electron chi connectivity index (χ4n) is 3.54. The van der Waals surface area contributed by atoms with E-state index in [-0.39, 0.29) is 11.1 Å². The zero-order valence-electron chi connectivity index (χ0n) is 20.6. The number of rotatable bonds is 4. The molecule has 0 spiro atoms. The third-order valence-corrected chi connectivity index (χ3v) is 7.05. The van der Waals surface area contributed by atoms with Crippen molar-refractivity contribution >= 4 is 37.1 Å². The number of hydrogen-bond donors (Lipinski definition) is 0. The molecule has 2 heterocycles. The van der Waals surface area contributed by atoms with Gasteiger partial charge in [0.2, 0.25) is 0 Å². The lowest BCUT2D eigenvalue weighted by Crippen LogP contribution is -2.45. The average molecular weight is 446 g/mol. The molecule has 0 aromatic heterocycles. The quantitative estimate of drug-likeness (QED) is 0.512. The van der Waals surface area contributed by atoms with Crippen LogP contribution in [0.25, 0.3) is 0 Å². The Bertz CT molecular complexity index is 830. The van der Waals surface area contributed by atoms with Crippen LogP contribution in [0.15, 0.2) is 12.1 Å². The molecule has 0 saturated carbocycles. The van der Waals surface area contributed by atoms with Gasteiger partial charge in [-0.15, -0.1) is 0 Å². The van der Waals surface area contributed by atoms with E-state index in [1.807, 2.05) is 55.4 Å². The summed E-state index contributed by atoms with van der Waals surface area (Å²) >= 11 is 0. The third-order valence-electron chi connectivity index (χ3n) is 7.05. The standard InChI is InChI=1S/C22H32B2O8/c1-19(2)20(3,4)30-23(29-19)15-11-14(18(26)28-10)16(12-13(15)17(25)27-9)24-31-21(5,6)22(7,8)32-24/h11-12H,1-10H3. The van der Waals surface area contributed by atoms with Crippen molar-refractivity contribution in [1.82, 2.24) is 0 Å². The smallest absolute Gasteiger partial charge is 0.465 e. The monoisotopic (exact) mass is 446 g/mol. The van der Waals surface area contributed by atoms with Gasteiger partial charge in [-0.1, -0.05) is 0 Å². The summed E-state index contributed by atoms with van der Waals surface area (Å²) in [4.78, 5) is 25.5. The van der Waals surface area contributed by atoms with E-state index < -0.39 is 48.6 Å². The summed E-state index contributed by atoms with van der Waals surface area (Å²) in [7, 11) is 0.813. The second-order valence-corrected chi connectivity index (χ2v) is 10.2. The molecule has 1 aromatic rings. The van der Waals surface area contributed by atoms with Crippen molar-refractivity contribution in [3.8, 4) is 0 Å². The summed E-state index contributed by atoms with van der Waals surface area (Å²) < 4.78 is 34.6. The largest absolute Gasteiger partial charge is 0.495 e. The van der Waals surface area contributed by atoms with E-state index in [9.17, 15) is 9.59 Å². The summed E-state index contributed by atoms with van der Waals surface area (Å²) in [6.07, 6.45) is 0. The fourth-order valence-corrected chi connectivity index (χ4v) is 3.54. The summed E-state index contributed by atoms with van der Waals surface area (Å²) in [6, 6.07) is 3.08. The van der Waals surface area contributed by atoms with Gasteiger partial charge in [0, 0.05) is 0 Å². The van der Waals surface area contributed by atoms with Crippen molar-refractivity contribution < 1.29 is 37.7 Å². The lowest BCUT2D eigenvalue weighted by Gasteiger charge is -2.32. The van der Waals surface area contributed by atoms with Gasteiger partial charge in [0.1, 0.15) is 0 Å². The van der Waals surface area contributed by atoms with Crippen LogP contribution in [0.5, 0.6) is 0 Å². The zero-order chi connectivity index (χ0) is 24.3. The van der Waals surface area contributed by atoms with Crippen molar-refractivity contribution in [3.63, 3.8) is 0 Å². The molecule has 32 heavy (non-hydrogen) atoms. The van der Waals surface area contributed by atoms with Crippen molar-refractivity contribution in [2.24, 2.45) is 0 Å². The third kappa shape index (κ3) is 3.98. The lowest BCUT2D eigenvalue weighted by molar-refractivity contribution is 0.00578. The van der Waals surface area contributed by atoms with Crippen LogP contribution >= 0.6 is 0 Å². The van der Waals surface area contributed by atoms with Gasteiger partial charge in [0.15, 0.2) is 0 Å². The van der Waals surface area contributed by atoms with Crippen molar-refractivity contribution in [2.75, 3.05) is 14.2 Å². The van der Waals surface area contributed by atoms with Crippen LogP contribution < -0.4 is 10.9 Å². The van der Waals surface area contributed by atoms with E-state index in [0.29, 0.717) is 10.9 Å². The van der Waals surface area contributed by atoms with Gasteiger partial charge in [-0.2, -0.15) is 0 Å². The van der Waals surface area contributed by atoms with Crippen LogP contribution in [-0.4, -0.2) is 62.8 Å². The molecule has 3 rings (SSSR count). The molecule has 0 N–H and O–H groups in total. The predicted molar refractivity (Wildman–Crippen MR) is 121 cm³/mol. The summed E-state index contributed by atoms with van der Waals surface area (Å²) in [5.41, 5.74) is -1.41. The Morgan fingerprint density at radius 2 is 0.875 bits per heavy atom. The Morgan fingerprint density at radius 1 is 0.625 bits per heavy atom. The first-order valence-corrected chi connectivity index (χ1v) is 10.6. The van der Waals surface area contributed by atoms with Crippen LogP contribution in [0, 0.1) is 0 Å². The SMILES string of the molecule is COC(=O)c1cc(B2OC(C)(C)C(C)(C)O2)c(C(=O)OC)cc1B1OC(C)(C)C(C)(C)O1. The highest BCUT2D eigenvalue weighted by Crippen LogP contribution is 2.38. The minimum absolute atomic E-state index is 0.198. The van der Waals surface area contributed by atoms with E-state index in [4.69, 9.17) is 28.1 Å². The van der Waals surface area contributed by atoms with E-state index in [2.05, 4.69) is 0 Å². The molecule has 0 aliphatic carbocycles. The molecule has 2 saturated heterocycles. The molecule has 0 radical (unpaired) electrons. The van der Waals surface area contributed by atoms with E-state index in [0.717, 1.165) is 0 Å².